The van der Waals surface area contributed by atoms with Gasteiger partial charge >= 0.3 is 0 Å². The topological polar surface area (TPSA) is 47.3 Å². The Morgan fingerprint density at radius 3 is 2.35 bits per heavy atom. The highest BCUT2D eigenvalue weighted by Gasteiger charge is 2.22. The number of nitrogens with one attached hydrogen (secondary N) is 1. The quantitative estimate of drug-likeness (QED) is 0.895. The monoisotopic (exact) mass is 268 g/mol. The van der Waals surface area contributed by atoms with E-state index in [1.165, 1.54) is 6.42 Å². The fourth-order valence-corrected chi connectivity index (χ4v) is 2.63. The van der Waals surface area contributed by atoms with Gasteiger partial charge in [-0.3, -0.25) is 0 Å². The van der Waals surface area contributed by atoms with Crippen molar-refractivity contribution in [3.05, 3.63) is 60.2 Å². The predicted octanol–water partition coefficient (Wildman–Crippen LogP) is 3.23. The summed E-state index contributed by atoms with van der Waals surface area (Å²) >= 11 is 0. The van der Waals surface area contributed by atoms with Crippen LogP contribution in [-0.2, 0) is 0 Å². The molecule has 1 fully saturated rings. The van der Waals surface area contributed by atoms with Gasteiger partial charge in [-0.1, -0.05) is 30.3 Å². The zero-order valence-electron chi connectivity index (χ0n) is 11.5. The Bertz CT molecular complexity index is 533. The van der Waals surface area contributed by atoms with Crippen LogP contribution in [0.4, 0.5) is 0 Å². The van der Waals surface area contributed by atoms with Gasteiger partial charge in [-0.15, -0.1) is 0 Å². The second-order valence-corrected chi connectivity index (χ2v) is 5.21. The summed E-state index contributed by atoms with van der Waals surface area (Å²) in [4.78, 5) is 0. The summed E-state index contributed by atoms with van der Waals surface area (Å²) in [5.74, 6) is 1.69. The highest BCUT2D eigenvalue weighted by Crippen LogP contribution is 2.25. The maximum Gasteiger partial charge on any atom is 0.127 e. The molecule has 0 bridgehead atoms. The van der Waals surface area contributed by atoms with Crippen LogP contribution in [0.1, 0.15) is 24.4 Å². The third kappa shape index (κ3) is 3.00. The van der Waals surface area contributed by atoms with Crippen molar-refractivity contribution >= 4 is 0 Å². The lowest BCUT2D eigenvalue weighted by atomic mass is 9.99. The van der Waals surface area contributed by atoms with E-state index in [1.807, 2.05) is 42.5 Å². The molecule has 0 spiro atoms. The van der Waals surface area contributed by atoms with Crippen LogP contribution in [0.3, 0.4) is 0 Å². The van der Waals surface area contributed by atoms with Crippen molar-refractivity contribution in [1.82, 2.24) is 5.32 Å². The molecule has 0 aromatic heterocycles. The summed E-state index contributed by atoms with van der Waals surface area (Å²) in [6.07, 6.45) is 2.37. The van der Waals surface area contributed by atoms with Crippen molar-refractivity contribution in [2.45, 2.75) is 24.9 Å². The molecule has 3 N–H and O–H groups in total. The van der Waals surface area contributed by atoms with Gasteiger partial charge in [-0.2, -0.15) is 0 Å². The number of benzene rings is 2. The van der Waals surface area contributed by atoms with Crippen LogP contribution in [0.25, 0.3) is 0 Å². The number of para-hydroxylation sites is 1. The van der Waals surface area contributed by atoms with Gasteiger partial charge in [0.15, 0.2) is 0 Å². The summed E-state index contributed by atoms with van der Waals surface area (Å²) in [5.41, 5.74) is 7.46. The molecule has 1 aliphatic heterocycles. The standard InChI is InChI=1S/C17H20N2O/c18-17(16-7-4-12-19-16)13-8-10-15(11-9-13)20-14-5-2-1-3-6-14/h1-3,5-6,8-11,16-17,19H,4,7,12,18H2. The van der Waals surface area contributed by atoms with Crippen LogP contribution in [0.2, 0.25) is 0 Å². The molecule has 0 aliphatic carbocycles. The molecule has 0 saturated carbocycles. The zero-order chi connectivity index (χ0) is 13.8. The molecular weight excluding hydrogens is 248 g/mol. The van der Waals surface area contributed by atoms with Crippen LogP contribution < -0.4 is 15.8 Å². The van der Waals surface area contributed by atoms with Crippen molar-refractivity contribution in [2.24, 2.45) is 5.73 Å². The van der Waals surface area contributed by atoms with E-state index in [4.69, 9.17) is 10.5 Å². The van der Waals surface area contributed by atoms with Gasteiger partial charge in [0.25, 0.3) is 0 Å². The summed E-state index contributed by atoms with van der Waals surface area (Å²) in [6.45, 7) is 1.08. The molecular formula is C17H20N2O. The molecule has 3 heteroatoms. The van der Waals surface area contributed by atoms with Crippen LogP contribution in [0.15, 0.2) is 54.6 Å². The number of rotatable bonds is 4. The molecule has 2 aromatic carbocycles. The molecule has 1 saturated heterocycles. The molecule has 1 heterocycles. The lowest BCUT2D eigenvalue weighted by Crippen LogP contribution is -2.34. The van der Waals surface area contributed by atoms with Gasteiger partial charge in [0.2, 0.25) is 0 Å². The van der Waals surface area contributed by atoms with E-state index in [9.17, 15) is 0 Å². The van der Waals surface area contributed by atoms with Gasteiger partial charge in [-0.05, 0) is 49.2 Å². The lowest BCUT2D eigenvalue weighted by molar-refractivity contribution is 0.479. The molecule has 20 heavy (non-hydrogen) atoms. The van der Waals surface area contributed by atoms with E-state index in [1.54, 1.807) is 0 Å². The van der Waals surface area contributed by atoms with Crippen LogP contribution in [-0.4, -0.2) is 12.6 Å². The maximum absolute atomic E-state index is 6.30. The van der Waals surface area contributed by atoms with Crippen LogP contribution in [0, 0.1) is 0 Å². The predicted molar refractivity (Wildman–Crippen MR) is 80.9 cm³/mol. The Balaban J connectivity index is 1.68. The molecule has 0 radical (unpaired) electrons. The summed E-state index contributed by atoms with van der Waals surface area (Å²) in [6, 6.07) is 18.3. The van der Waals surface area contributed by atoms with Gasteiger partial charge in [0.05, 0.1) is 0 Å². The number of nitrogens with two attached hydrogens (primary N) is 1. The number of ether oxygens (including phenoxy) is 1. The third-order valence-corrected chi connectivity index (χ3v) is 3.78. The van der Waals surface area contributed by atoms with Crippen molar-refractivity contribution < 1.29 is 4.74 Å². The van der Waals surface area contributed by atoms with E-state index in [0.29, 0.717) is 6.04 Å². The van der Waals surface area contributed by atoms with Gasteiger partial charge in [-0.25, -0.2) is 0 Å². The Kier molecular flexibility index (Phi) is 4.00. The minimum absolute atomic E-state index is 0.0586. The summed E-state index contributed by atoms with van der Waals surface area (Å²) in [5, 5.41) is 3.45. The first-order chi connectivity index (χ1) is 9.83. The van der Waals surface area contributed by atoms with E-state index in [2.05, 4.69) is 17.4 Å². The van der Waals surface area contributed by atoms with E-state index < -0.39 is 0 Å². The first-order valence-corrected chi connectivity index (χ1v) is 7.15. The van der Waals surface area contributed by atoms with Crippen molar-refractivity contribution in [2.75, 3.05) is 6.54 Å². The largest absolute Gasteiger partial charge is 0.457 e. The fourth-order valence-electron chi connectivity index (χ4n) is 2.63. The normalized spacial score (nSPS) is 19.8. The second kappa shape index (κ2) is 6.07. The molecule has 1 aliphatic rings. The molecule has 2 atom stereocenters. The van der Waals surface area contributed by atoms with E-state index in [-0.39, 0.29) is 6.04 Å². The van der Waals surface area contributed by atoms with Gasteiger partial charge in [0.1, 0.15) is 11.5 Å². The van der Waals surface area contributed by atoms with Crippen molar-refractivity contribution in [1.29, 1.82) is 0 Å². The highest BCUT2D eigenvalue weighted by molar-refractivity contribution is 5.34. The Labute approximate surface area is 119 Å². The average Bonchev–Trinajstić information content (AvgIpc) is 3.03. The zero-order valence-corrected chi connectivity index (χ0v) is 11.5. The molecule has 104 valence electrons. The van der Waals surface area contributed by atoms with Crippen LogP contribution in [0.5, 0.6) is 11.5 Å². The third-order valence-electron chi connectivity index (χ3n) is 3.78. The maximum atomic E-state index is 6.30. The molecule has 2 aromatic rings. The number of hydrogen-bond acceptors (Lipinski definition) is 3. The summed E-state index contributed by atoms with van der Waals surface area (Å²) < 4.78 is 5.78. The van der Waals surface area contributed by atoms with Crippen molar-refractivity contribution in [3.8, 4) is 11.5 Å². The highest BCUT2D eigenvalue weighted by atomic mass is 16.5. The minimum Gasteiger partial charge on any atom is -0.457 e. The smallest absolute Gasteiger partial charge is 0.127 e. The van der Waals surface area contributed by atoms with Crippen LogP contribution >= 0.6 is 0 Å². The molecule has 0 amide bonds. The number of hydrogen-bond donors (Lipinski definition) is 2. The van der Waals surface area contributed by atoms with Crippen molar-refractivity contribution in [3.63, 3.8) is 0 Å². The molecule has 3 nitrogen and oxygen atoms in total. The van der Waals surface area contributed by atoms with Gasteiger partial charge < -0.3 is 15.8 Å². The Morgan fingerprint density at radius 1 is 1.00 bits per heavy atom. The summed E-state index contributed by atoms with van der Waals surface area (Å²) in [7, 11) is 0. The first-order valence-electron chi connectivity index (χ1n) is 7.15. The Hall–Kier alpha value is -1.84. The minimum atomic E-state index is 0.0586. The molecule has 2 unspecified atom stereocenters. The van der Waals surface area contributed by atoms with E-state index >= 15 is 0 Å². The van der Waals surface area contributed by atoms with E-state index in [0.717, 1.165) is 30.0 Å². The first kappa shape index (κ1) is 13.2. The second-order valence-electron chi connectivity index (χ2n) is 5.21. The fraction of sp³-hybridized carbons (Fsp3) is 0.294. The van der Waals surface area contributed by atoms with Gasteiger partial charge in [0, 0.05) is 12.1 Å². The molecule has 3 rings (SSSR count). The SMILES string of the molecule is NC(c1ccc(Oc2ccccc2)cc1)C1CCCN1. The lowest BCUT2D eigenvalue weighted by Gasteiger charge is -2.20. The Morgan fingerprint density at radius 2 is 1.70 bits per heavy atom. The average molecular weight is 268 g/mol.